The summed E-state index contributed by atoms with van der Waals surface area (Å²) in [5, 5.41) is 0. The molecule has 0 bridgehead atoms. The van der Waals surface area contributed by atoms with Crippen molar-refractivity contribution in [3.05, 3.63) is 56.9 Å². The number of ether oxygens (including phenoxy) is 3. The minimum atomic E-state index is -0.472. The number of hydrogen-bond donors (Lipinski definition) is 0. The first-order chi connectivity index (χ1) is 14.8. The number of carbonyl (C=O) groups is 2. The zero-order valence-corrected chi connectivity index (χ0v) is 20.4. The van der Waals surface area contributed by atoms with Gasteiger partial charge in [-0.2, -0.15) is 0 Å². The van der Waals surface area contributed by atoms with Gasteiger partial charge in [-0.05, 0) is 65.7 Å². The Morgan fingerprint density at radius 3 is 2.61 bits per heavy atom. The summed E-state index contributed by atoms with van der Waals surface area (Å²) < 4.78 is 16.9. The van der Waals surface area contributed by atoms with Gasteiger partial charge in [-0.1, -0.05) is 41.7 Å². The van der Waals surface area contributed by atoms with Crippen LogP contribution in [0, 0.1) is 6.92 Å². The maximum absolute atomic E-state index is 13.0. The molecule has 0 saturated carbocycles. The van der Waals surface area contributed by atoms with Crippen LogP contribution in [-0.2, 0) is 14.3 Å². The predicted octanol–water partition coefficient (Wildman–Crippen LogP) is 5.11. The van der Waals surface area contributed by atoms with E-state index < -0.39 is 5.97 Å². The van der Waals surface area contributed by atoms with Crippen LogP contribution in [0.1, 0.15) is 18.1 Å². The first-order valence-corrected chi connectivity index (χ1v) is 11.4. The third-order valence-electron chi connectivity index (χ3n) is 4.28. The zero-order valence-electron chi connectivity index (χ0n) is 17.1. The topological polar surface area (TPSA) is 65.1 Å². The van der Waals surface area contributed by atoms with Crippen LogP contribution in [-0.4, -0.2) is 36.5 Å². The summed E-state index contributed by atoms with van der Waals surface area (Å²) in [6.07, 6.45) is 1.75. The largest absolute Gasteiger partial charge is 0.493 e. The molecule has 1 heterocycles. The Hall–Kier alpha value is -2.36. The molecule has 0 radical (unpaired) electrons. The van der Waals surface area contributed by atoms with Crippen LogP contribution < -0.4 is 14.4 Å². The third-order valence-corrected chi connectivity index (χ3v) is 6.17. The molecule has 2 aromatic carbocycles. The van der Waals surface area contributed by atoms with Crippen LogP contribution in [0.2, 0.25) is 0 Å². The molecular weight excluding hydrogens is 502 g/mol. The van der Waals surface area contributed by atoms with Crippen molar-refractivity contribution in [1.82, 2.24) is 0 Å². The number of benzene rings is 2. The summed E-state index contributed by atoms with van der Waals surface area (Å²) in [6, 6.07) is 11.1. The van der Waals surface area contributed by atoms with Gasteiger partial charge in [-0.15, -0.1) is 0 Å². The van der Waals surface area contributed by atoms with Crippen molar-refractivity contribution in [3.8, 4) is 11.5 Å². The molecule has 0 spiro atoms. The number of halogens is 1. The number of rotatable bonds is 7. The lowest BCUT2D eigenvalue weighted by molar-refractivity contribution is -0.145. The number of aryl methyl sites for hydroxylation is 1. The predicted molar refractivity (Wildman–Crippen MR) is 130 cm³/mol. The second-order valence-electron chi connectivity index (χ2n) is 6.48. The Morgan fingerprint density at radius 2 is 1.97 bits per heavy atom. The first-order valence-electron chi connectivity index (χ1n) is 9.34. The Bertz CT molecular complexity index is 1050. The van der Waals surface area contributed by atoms with Gasteiger partial charge in [0.1, 0.15) is 0 Å². The Kier molecular flexibility index (Phi) is 7.74. The van der Waals surface area contributed by atoms with Gasteiger partial charge in [-0.25, -0.2) is 4.79 Å². The number of methoxy groups -OCH3 is 1. The molecule has 31 heavy (non-hydrogen) atoms. The van der Waals surface area contributed by atoms with E-state index in [1.165, 1.54) is 23.8 Å². The number of carbonyl (C=O) groups excluding carboxylic acids is 2. The zero-order chi connectivity index (χ0) is 22.5. The third kappa shape index (κ3) is 5.47. The van der Waals surface area contributed by atoms with E-state index in [9.17, 15) is 9.59 Å². The van der Waals surface area contributed by atoms with Gasteiger partial charge < -0.3 is 14.2 Å². The number of thiocarbonyl (C=S) groups is 1. The Labute approximate surface area is 198 Å². The lowest BCUT2D eigenvalue weighted by atomic mass is 10.1. The quantitative estimate of drug-likeness (QED) is 0.284. The number of amides is 1. The van der Waals surface area contributed by atoms with E-state index in [0.29, 0.717) is 25.2 Å². The van der Waals surface area contributed by atoms with Gasteiger partial charge in [0.2, 0.25) is 0 Å². The van der Waals surface area contributed by atoms with E-state index in [1.54, 1.807) is 25.1 Å². The molecule has 0 aliphatic carbocycles. The summed E-state index contributed by atoms with van der Waals surface area (Å²) in [6.45, 7) is 3.75. The smallest absolute Gasteiger partial charge is 0.344 e. The van der Waals surface area contributed by atoms with E-state index >= 15 is 0 Å². The van der Waals surface area contributed by atoms with Crippen LogP contribution in [0.4, 0.5) is 5.69 Å². The van der Waals surface area contributed by atoms with E-state index in [0.717, 1.165) is 16.8 Å². The summed E-state index contributed by atoms with van der Waals surface area (Å²) in [5.41, 5.74) is 2.56. The maximum Gasteiger partial charge on any atom is 0.344 e. The molecule has 1 aliphatic rings. The molecule has 0 unspecified atom stereocenters. The van der Waals surface area contributed by atoms with Gasteiger partial charge in [0.25, 0.3) is 5.91 Å². The summed E-state index contributed by atoms with van der Waals surface area (Å²) in [4.78, 5) is 26.6. The fourth-order valence-electron chi connectivity index (χ4n) is 2.83. The van der Waals surface area contributed by atoms with Crippen LogP contribution in [0.3, 0.4) is 0 Å². The SMILES string of the molecule is CCOC(=O)COc1c(Br)cc(/C=C2/SC(=S)N(c3ccc(C)cc3)C2=O)cc1OC. The highest BCUT2D eigenvalue weighted by Gasteiger charge is 2.33. The summed E-state index contributed by atoms with van der Waals surface area (Å²) in [7, 11) is 1.50. The molecule has 1 aliphatic heterocycles. The molecule has 9 heteroatoms. The number of esters is 1. The highest BCUT2D eigenvalue weighted by atomic mass is 79.9. The van der Waals surface area contributed by atoms with Crippen LogP contribution in [0.5, 0.6) is 11.5 Å². The molecule has 2 aromatic rings. The van der Waals surface area contributed by atoms with E-state index in [1.807, 2.05) is 31.2 Å². The van der Waals surface area contributed by atoms with E-state index in [-0.39, 0.29) is 19.1 Å². The number of nitrogens with zero attached hydrogens (tertiary/aromatic N) is 1. The molecule has 0 aromatic heterocycles. The van der Waals surface area contributed by atoms with Crippen LogP contribution in [0.25, 0.3) is 6.08 Å². The van der Waals surface area contributed by atoms with Gasteiger partial charge in [0.05, 0.1) is 28.8 Å². The second kappa shape index (κ2) is 10.3. The summed E-state index contributed by atoms with van der Waals surface area (Å²) in [5.74, 6) is 0.135. The van der Waals surface area contributed by atoms with Crippen molar-refractivity contribution in [2.24, 2.45) is 0 Å². The number of thioether (sulfide) groups is 1. The monoisotopic (exact) mass is 521 g/mol. The fraction of sp³-hybridized carbons (Fsp3) is 0.227. The second-order valence-corrected chi connectivity index (χ2v) is 9.01. The summed E-state index contributed by atoms with van der Waals surface area (Å²) >= 11 is 10.1. The van der Waals surface area contributed by atoms with Gasteiger partial charge >= 0.3 is 5.97 Å². The first kappa shape index (κ1) is 23.3. The molecule has 0 atom stereocenters. The maximum atomic E-state index is 13.0. The molecule has 1 fully saturated rings. The average molecular weight is 522 g/mol. The molecule has 1 amide bonds. The fourth-order valence-corrected chi connectivity index (χ4v) is 4.71. The van der Waals surface area contributed by atoms with Gasteiger partial charge in [0, 0.05) is 0 Å². The van der Waals surface area contributed by atoms with Crippen molar-refractivity contribution in [2.75, 3.05) is 25.2 Å². The normalized spacial score (nSPS) is 14.8. The van der Waals surface area contributed by atoms with E-state index in [2.05, 4.69) is 15.9 Å². The Balaban J connectivity index is 1.85. The van der Waals surface area contributed by atoms with Gasteiger partial charge in [0.15, 0.2) is 22.4 Å². The highest BCUT2D eigenvalue weighted by Crippen LogP contribution is 2.40. The lowest BCUT2D eigenvalue weighted by Crippen LogP contribution is -2.27. The highest BCUT2D eigenvalue weighted by molar-refractivity contribution is 9.10. The molecule has 3 rings (SSSR count). The standard InChI is InChI=1S/C22H20BrNO5S2/c1-4-28-19(25)12-29-20-16(23)9-14(10-17(20)27-3)11-18-21(26)24(22(30)31-18)15-7-5-13(2)6-8-15/h5-11H,4,12H2,1-3H3/b18-11+. The molecule has 162 valence electrons. The Morgan fingerprint density at radius 1 is 1.26 bits per heavy atom. The van der Waals surface area contributed by atoms with Crippen molar-refractivity contribution >= 4 is 67.9 Å². The van der Waals surface area contributed by atoms with Crippen LogP contribution in [0.15, 0.2) is 45.8 Å². The van der Waals surface area contributed by atoms with Gasteiger partial charge in [-0.3, -0.25) is 9.69 Å². The van der Waals surface area contributed by atoms with Crippen molar-refractivity contribution in [1.29, 1.82) is 0 Å². The van der Waals surface area contributed by atoms with E-state index in [4.69, 9.17) is 26.4 Å². The molecule has 0 N–H and O–H groups in total. The van der Waals surface area contributed by atoms with Crippen molar-refractivity contribution < 1.29 is 23.8 Å². The van der Waals surface area contributed by atoms with Crippen LogP contribution >= 0.6 is 39.9 Å². The number of hydrogen-bond acceptors (Lipinski definition) is 7. The minimum Gasteiger partial charge on any atom is -0.493 e. The number of anilines is 1. The molecular formula is C22H20BrNO5S2. The average Bonchev–Trinajstić information content (AvgIpc) is 3.00. The molecule has 1 saturated heterocycles. The van der Waals surface area contributed by atoms with Crippen molar-refractivity contribution in [3.63, 3.8) is 0 Å². The van der Waals surface area contributed by atoms with Crippen molar-refractivity contribution in [2.45, 2.75) is 13.8 Å². The lowest BCUT2D eigenvalue weighted by Gasteiger charge is -2.14. The molecule has 6 nitrogen and oxygen atoms in total. The minimum absolute atomic E-state index is 0.184.